The predicted molar refractivity (Wildman–Crippen MR) is 106 cm³/mol. The Labute approximate surface area is 157 Å². The summed E-state index contributed by atoms with van der Waals surface area (Å²) < 4.78 is 0. The van der Waals surface area contributed by atoms with E-state index in [2.05, 4.69) is 37.5 Å². The predicted octanol–water partition coefficient (Wildman–Crippen LogP) is 4.67. The third-order valence-corrected chi connectivity index (χ3v) is 5.04. The topological polar surface area (TPSA) is 84.3 Å². The van der Waals surface area contributed by atoms with Gasteiger partial charge in [0, 0.05) is 36.0 Å². The van der Waals surface area contributed by atoms with Crippen LogP contribution in [0.5, 0.6) is 0 Å². The van der Waals surface area contributed by atoms with Gasteiger partial charge in [-0.25, -0.2) is 0 Å². The lowest BCUT2D eigenvalue weighted by atomic mass is 9.85. The molecule has 0 aliphatic carbocycles. The first-order chi connectivity index (χ1) is 12.2. The van der Waals surface area contributed by atoms with Gasteiger partial charge in [-0.2, -0.15) is 0 Å². The van der Waals surface area contributed by atoms with Gasteiger partial charge in [0.05, 0.1) is 10.6 Å². The summed E-state index contributed by atoms with van der Waals surface area (Å²) in [5.74, 6) is -0.167. The van der Waals surface area contributed by atoms with E-state index in [1.165, 1.54) is 17.0 Å². The number of amides is 1. The molecular formula is C19H25N3O3S. The van der Waals surface area contributed by atoms with E-state index in [1.807, 2.05) is 18.4 Å². The molecule has 7 heteroatoms. The third-order valence-electron chi connectivity index (χ3n) is 4.10. The molecule has 1 aromatic heterocycles. The highest BCUT2D eigenvalue weighted by atomic mass is 32.1. The quantitative estimate of drug-likeness (QED) is 0.544. The molecule has 1 amide bonds. The first-order valence-corrected chi connectivity index (χ1v) is 9.38. The van der Waals surface area contributed by atoms with Gasteiger partial charge in [0.25, 0.3) is 5.69 Å². The average Bonchev–Trinajstić information content (AvgIpc) is 3.06. The summed E-state index contributed by atoms with van der Waals surface area (Å²) in [6.07, 6.45) is 0.292. The van der Waals surface area contributed by atoms with E-state index in [4.69, 9.17) is 0 Å². The van der Waals surface area contributed by atoms with Gasteiger partial charge in [-0.15, -0.1) is 11.3 Å². The van der Waals surface area contributed by atoms with Crippen LogP contribution in [0.4, 0.5) is 11.4 Å². The van der Waals surface area contributed by atoms with Crippen molar-refractivity contribution in [3.8, 4) is 0 Å². The Kier molecular flexibility index (Phi) is 6.50. The Morgan fingerprint density at radius 2 is 2.04 bits per heavy atom. The van der Waals surface area contributed by atoms with Crippen molar-refractivity contribution in [3.05, 3.63) is 56.3 Å². The van der Waals surface area contributed by atoms with Crippen LogP contribution < -0.4 is 10.6 Å². The summed E-state index contributed by atoms with van der Waals surface area (Å²) in [6, 6.07) is 8.75. The van der Waals surface area contributed by atoms with Crippen molar-refractivity contribution in [2.75, 3.05) is 11.9 Å². The smallest absolute Gasteiger partial charge is 0.271 e. The van der Waals surface area contributed by atoms with E-state index < -0.39 is 4.92 Å². The number of anilines is 1. The maximum atomic E-state index is 12.2. The number of nitrogens with zero attached hydrogens (tertiary/aromatic N) is 1. The fourth-order valence-electron chi connectivity index (χ4n) is 2.69. The fourth-order valence-corrected chi connectivity index (χ4v) is 3.73. The zero-order valence-corrected chi connectivity index (χ0v) is 16.4. The second-order valence-corrected chi connectivity index (χ2v) is 8.30. The number of benzene rings is 1. The number of hydrogen-bond donors (Lipinski definition) is 2. The SMILES string of the molecule is Cc1ccc([N+](=O)[O-])cc1NC(=O)CCNC(c1cccs1)C(C)(C)C. The van der Waals surface area contributed by atoms with Crippen LogP contribution in [0.2, 0.25) is 0 Å². The van der Waals surface area contributed by atoms with Gasteiger partial charge >= 0.3 is 0 Å². The highest BCUT2D eigenvalue weighted by Crippen LogP contribution is 2.35. The zero-order valence-electron chi connectivity index (χ0n) is 15.5. The number of rotatable bonds is 7. The normalized spacial score (nSPS) is 12.6. The maximum Gasteiger partial charge on any atom is 0.271 e. The summed E-state index contributed by atoms with van der Waals surface area (Å²) in [7, 11) is 0. The van der Waals surface area contributed by atoms with E-state index in [9.17, 15) is 14.9 Å². The van der Waals surface area contributed by atoms with Crippen LogP contribution in [-0.2, 0) is 4.79 Å². The van der Waals surface area contributed by atoms with Crippen LogP contribution in [0.15, 0.2) is 35.7 Å². The molecule has 0 fully saturated rings. The molecule has 1 aromatic carbocycles. The van der Waals surface area contributed by atoms with Gasteiger partial charge < -0.3 is 10.6 Å². The number of nitro groups is 1. The van der Waals surface area contributed by atoms with Gasteiger partial charge in [0.15, 0.2) is 0 Å². The number of non-ortho nitro benzene ring substituents is 1. The standard InChI is InChI=1S/C19H25N3O3S/c1-13-7-8-14(22(24)25)12-15(13)21-17(23)9-10-20-18(19(2,3)4)16-6-5-11-26-16/h5-8,11-12,18,20H,9-10H2,1-4H3,(H,21,23). The van der Waals surface area contributed by atoms with Crippen LogP contribution in [0.1, 0.15) is 43.7 Å². The molecule has 26 heavy (non-hydrogen) atoms. The molecule has 0 saturated heterocycles. The molecule has 1 atom stereocenters. The van der Waals surface area contributed by atoms with Crippen molar-refractivity contribution in [1.82, 2.24) is 5.32 Å². The highest BCUT2D eigenvalue weighted by molar-refractivity contribution is 7.10. The van der Waals surface area contributed by atoms with Gasteiger partial charge in [-0.1, -0.05) is 32.9 Å². The Morgan fingerprint density at radius 3 is 2.62 bits per heavy atom. The number of carbonyl (C=O) groups is 1. The summed E-state index contributed by atoms with van der Waals surface area (Å²) >= 11 is 1.70. The molecule has 2 N–H and O–H groups in total. The van der Waals surface area contributed by atoms with E-state index in [0.717, 1.165) is 5.56 Å². The minimum Gasteiger partial charge on any atom is -0.326 e. The molecule has 1 unspecified atom stereocenters. The Balaban J connectivity index is 1.94. The second kappa shape index (κ2) is 8.42. The van der Waals surface area contributed by atoms with Crippen molar-refractivity contribution in [1.29, 1.82) is 0 Å². The minimum absolute atomic E-state index is 0.0258. The van der Waals surface area contributed by atoms with Crippen molar-refractivity contribution in [2.45, 2.75) is 40.2 Å². The minimum atomic E-state index is -0.467. The van der Waals surface area contributed by atoms with Gasteiger partial charge in [0.2, 0.25) is 5.91 Å². The molecule has 1 heterocycles. The van der Waals surface area contributed by atoms with Crippen LogP contribution in [0.25, 0.3) is 0 Å². The van der Waals surface area contributed by atoms with Gasteiger partial charge in [-0.3, -0.25) is 14.9 Å². The van der Waals surface area contributed by atoms with Gasteiger partial charge in [0.1, 0.15) is 0 Å². The molecule has 6 nitrogen and oxygen atoms in total. The number of thiophene rings is 1. The van der Waals surface area contributed by atoms with Crippen LogP contribution in [-0.4, -0.2) is 17.4 Å². The molecule has 2 aromatic rings. The molecule has 0 aliphatic rings. The fraction of sp³-hybridized carbons (Fsp3) is 0.421. The van der Waals surface area contributed by atoms with Crippen molar-refractivity contribution < 1.29 is 9.72 Å². The lowest BCUT2D eigenvalue weighted by molar-refractivity contribution is -0.384. The molecular weight excluding hydrogens is 350 g/mol. The highest BCUT2D eigenvalue weighted by Gasteiger charge is 2.26. The number of hydrogen-bond acceptors (Lipinski definition) is 5. The van der Waals surface area contributed by atoms with E-state index in [0.29, 0.717) is 18.7 Å². The molecule has 0 spiro atoms. The summed E-state index contributed by atoms with van der Waals surface area (Å²) in [4.78, 5) is 23.9. The Hall–Kier alpha value is -2.25. The second-order valence-electron chi connectivity index (χ2n) is 7.32. The maximum absolute atomic E-state index is 12.2. The van der Waals surface area contributed by atoms with E-state index in [1.54, 1.807) is 17.4 Å². The van der Waals surface area contributed by atoms with Crippen molar-refractivity contribution in [2.24, 2.45) is 5.41 Å². The molecule has 0 bridgehead atoms. The summed E-state index contributed by atoms with van der Waals surface area (Å²) in [5.41, 5.74) is 1.27. The average molecular weight is 375 g/mol. The van der Waals surface area contributed by atoms with Crippen LogP contribution in [0, 0.1) is 22.5 Å². The first-order valence-electron chi connectivity index (χ1n) is 8.50. The molecule has 140 valence electrons. The lowest BCUT2D eigenvalue weighted by Gasteiger charge is -2.31. The van der Waals surface area contributed by atoms with Crippen LogP contribution in [0.3, 0.4) is 0 Å². The van der Waals surface area contributed by atoms with E-state index in [-0.39, 0.29) is 23.1 Å². The summed E-state index contributed by atoms with van der Waals surface area (Å²) in [6.45, 7) is 8.83. The summed E-state index contributed by atoms with van der Waals surface area (Å²) in [5, 5.41) is 19.2. The number of nitro benzene ring substituents is 1. The number of aryl methyl sites for hydroxylation is 1. The van der Waals surface area contributed by atoms with Crippen LogP contribution >= 0.6 is 11.3 Å². The van der Waals surface area contributed by atoms with Gasteiger partial charge in [-0.05, 0) is 29.3 Å². The molecule has 0 saturated carbocycles. The number of nitrogens with one attached hydrogen (secondary N) is 2. The Bertz CT molecular complexity index is 767. The van der Waals surface area contributed by atoms with Crippen molar-refractivity contribution >= 4 is 28.6 Å². The molecule has 0 radical (unpaired) electrons. The monoisotopic (exact) mass is 375 g/mol. The van der Waals surface area contributed by atoms with E-state index >= 15 is 0 Å². The molecule has 0 aliphatic heterocycles. The largest absolute Gasteiger partial charge is 0.326 e. The zero-order chi connectivity index (χ0) is 19.3. The number of carbonyl (C=O) groups excluding carboxylic acids is 1. The molecule has 2 rings (SSSR count). The third kappa shape index (κ3) is 5.37. The first kappa shape index (κ1) is 20.1. The lowest BCUT2D eigenvalue weighted by Crippen LogP contribution is -2.33. The Morgan fingerprint density at radius 1 is 1.31 bits per heavy atom. The van der Waals surface area contributed by atoms with Crippen molar-refractivity contribution in [3.63, 3.8) is 0 Å².